The van der Waals surface area contributed by atoms with Crippen LogP contribution >= 0.6 is 0 Å². The van der Waals surface area contributed by atoms with Crippen LogP contribution < -0.4 is 10.1 Å². The molecule has 16 heavy (non-hydrogen) atoms. The Morgan fingerprint density at radius 2 is 2.06 bits per heavy atom. The van der Waals surface area contributed by atoms with Gasteiger partial charge in [-0.1, -0.05) is 0 Å². The maximum absolute atomic E-state index is 5.73. The van der Waals surface area contributed by atoms with Gasteiger partial charge in [-0.3, -0.25) is 4.98 Å². The molecule has 0 bridgehead atoms. The molecule has 0 unspecified atom stereocenters. The van der Waals surface area contributed by atoms with Gasteiger partial charge in [-0.25, -0.2) is 0 Å². The van der Waals surface area contributed by atoms with Crippen molar-refractivity contribution < 1.29 is 4.74 Å². The normalized spacial score (nSPS) is 11.6. The van der Waals surface area contributed by atoms with Crippen LogP contribution in [0.2, 0.25) is 0 Å². The van der Waals surface area contributed by atoms with E-state index in [9.17, 15) is 0 Å². The topological polar surface area (TPSA) is 37.4 Å². The highest BCUT2D eigenvalue weighted by Gasteiger charge is 2.21. The van der Waals surface area contributed by atoms with E-state index in [1.807, 2.05) is 27.2 Å². The lowest BCUT2D eigenvalue weighted by Crippen LogP contribution is -2.43. The highest BCUT2D eigenvalue weighted by atomic mass is 16.5. The summed E-state index contributed by atoms with van der Waals surface area (Å²) < 4.78 is 5.73. The number of rotatable bonds is 5. The van der Waals surface area contributed by atoms with Gasteiger partial charge in [-0.05, 0) is 27.9 Å². The Kier molecular flexibility index (Phi) is 4.12. The molecule has 0 saturated heterocycles. The van der Waals surface area contributed by atoms with Crippen molar-refractivity contribution >= 4 is 5.69 Å². The lowest BCUT2D eigenvalue weighted by Gasteiger charge is -2.32. The predicted molar refractivity (Wildman–Crippen MR) is 67.0 cm³/mol. The number of hydrogen-bond donors (Lipinski definition) is 1. The van der Waals surface area contributed by atoms with Gasteiger partial charge in [-0.15, -0.1) is 0 Å². The largest absolute Gasteiger partial charge is 0.490 e. The zero-order chi connectivity index (χ0) is 12.2. The maximum Gasteiger partial charge on any atom is 0.139 e. The SMILES string of the molecule is CNc1cncc(OCC(C)(C)N(C)C)c1. The molecule has 4 nitrogen and oxygen atoms in total. The molecular weight excluding hydrogens is 202 g/mol. The van der Waals surface area contributed by atoms with Crippen molar-refractivity contribution in [2.45, 2.75) is 19.4 Å². The van der Waals surface area contributed by atoms with Crippen LogP contribution in [0, 0.1) is 0 Å². The zero-order valence-electron chi connectivity index (χ0n) is 10.7. The van der Waals surface area contributed by atoms with E-state index in [-0.39, 0.29) is 5.54 Å². The molecule has 1 heterocycles. The minimum absolute atomic E-state index is 0.00957. The molecule has 0 radical (unpaired) electrons. The molecule has 1 N–H and O–H groups in total. The minimum Gasteiger partial charge on any atom is -0.490 e. The monoisotopic (exact) mass is 223 g/mol. The number of nitrogens with one attached hydrogen (secondary N) is 1. The highest BCUT2D eigenvalue weighted by Crippen LogP contribution is 2.17. The Bertz CT molecular complexity index is 337. The van der Waals surface area contributed by atoms with Crippen molar-refractivity contribution in [3.8, 4) is 5.75 Å². The first-order chi connectivity index (χ1) is 7.45. The van der Waals surface area contributed by atoms with E-state index < -0.39 is 0 Å². The number of aromatic nitrogens is 1. The van der Waals surface area contributed by atoms with Crippen LogP contribution in [-0.4, -0.2) is 43.2 Å². The van der Waals surface area contributed by atoms with E-state index in [0.717, 1.165) is 11.4 Å². The van der Waals surface area contributed by atoms with Crippen LogP contribution in [0.1, 0.15) is 13.8 Å². The summed E-state index contributed by atoms with van der Waals surface area (Å²) in [7, 11) is 5.96. The number of pyridine rings is 1. The Labute approximate surface area is 97.6 Å². The number of ether oxygens (including phenoxy) is 1. The van der Waals surface area contributed by atoms with Gasteiger partial charge >= 0.3 is 0 Å². The molecule has 1 aromatic heterocycles. The lowest BCUT2D eigenvalue weighted by atomic mass is 10.1. The van der Waals surface area contributed by atoms with Crippen LogP contribution in [0.5, 0.6) is 5.75 Å². The highest BCUT2D eigenvalue weighted by molar-refractivity contribution is 5.44. The van der Waals surface area contributed by atoms with Gasteiger partial charge in [0.1, 0.15) is 12.4 Å². The third-order valence-corrected chi connectivity index (χ3v) is 2.80. The fourth-order valence-corrected chi connectivity index (χ4v) is 1.02. The Morgan fingerprint density at radius 1 is 1.38 bits per heavy atom. The molecule has 1 rings (SSSR count). The number of likely N-dealkylation sites (N-methyl/N-ethyl adjacent to an activating group) is 1. The molecule has 0 saturated carbocycles. The van der Waals surface area contributed by atoms with Crippen molar-refractivity contribution in [1.29, 1.82) is 0 Å². The molecule has 0 amide bonds. The summed E-state index contributed by atoms with van der Waals surface area (Å²) in [5.41, 5.74) is 0.968. The van der Waals surface area contributed by atoms with E-state index in [0.29, 0.717) is 6.61 Å². The molecule has 90 valence electrons. The van der Waals surface area contributed by atoms with E-state index in [1.165, 1.54) is 0 Å². The number of anilines is 1. The molecule has 0 aromatic carbocycles. The molecule has 0 spiro atoms. The van der Waals surface area contributed by atoms with Crippen molar-refractivity contribution in [3.63, 3.8) is 0 Å². The molecule has 0 aliphatic heterocycles. The third-order valence-electron chi connectivity index (χ3n) is 2.80. The molecule has 4 heteroatoms. The summed E-state index contributed by atoms with van der Waals surface area (Å²) in [4.78, 5) is 6.24. The van der Waals surface area contributed by atoms with E-state index in [4.69, 9.17) is 4.74 Å². The maximum atomic E-state index is 5.73. The smallest absolute Gasteiger partial charge is 0.139 e. The van der Waals surface area contributed by atoms with Gasteiger partial charge in [0.15, 0.2) is 0 Å². The lowest BCUT2D eigenvalue weighted by molar-refractivity contribution is 0.114. The average Bonchev–Trinajstić information content (AvgIpc) is 2.26. The van der Waals surface area contributed by atoms with Crippen molar-refractivity contribution in [2.24, 2.45) is 0 Å². The van der Waals surface area contributed by atoms with Crippen LogP contribution in [0.15, 0.2) is 18.5 Å². The third kappa shape index (κ3) is 3.38. The van der Waals surface area contributed by atoms with Crippen LogP contribution in [0.4, 0.5) is 5.69 Å². The van der Waals surface area contributed by atoms with E-state index in [2.05, 4.69) is 29.0 Å². The van der Waals surface area contributed by atoms with Crippen molar-refractivity contribution in [2.75, 3.05) is 33.1 Å². The van der Waals surface area contributed by atoms with Gasteiger partial charge in [-0.2, -0.15) is 0 Å². The van der Waals surface area contributed by atoms with E-state index in [1.54, 1.807) is 12.4 Å². The van der Waals surface area contributed by atoms with Gasteiger partial charge in [0.05, 0.1) is 18.1 Å². The first-order valence-corrected chi connectivity index (χ1v) is 5.39. The number of nitrogens with zero attached hydrogens (tertiary/aromatic N) is 2. The summed E-state index contributed by atoms with van der Waals surface area (Å²) in [6.07, 6.45) is 3.50. The van der Waals surface area contributed by atoms with E-state index >= 15 is 0 Å². The average molecular weight is 223 g/mol. The standard InChI is InChI=1S/C12H21N3O/c1-12(2,15(4)5)9-16-11-6-10(13-3)7-14-8-11/h6-8,13H,9H2,1-5H3. The molecule has 0 fully saturated rings. The zero-order valence-corrected chi connectivity index (χ0v) is 10.7. The van der Waals surface area contributed by atoms with Crippen LogP contribution in [0.3, 0.4) is 0 Å². The second kappa shape index (κ2) is 5.16. The summed E-state index contributed by atoms with van der Waals surface area (Å²) in [6.45, 7) is 4.92. The Morgan fingerprint density at radius 3 is 2.62 bits per heavy atom. The second-order valence-electron chi connectivity index (χ2n) is 4.65. The van der Waals surface area contributed by atoms with Crippen LogP contribution in [0.25, 0.3) is 0 Å². The fourth-order valence-electron chi connectivity index (χ4n) is 1.02. The summed E-state index contributed by atoms with van der Waals surface area (Å²) >= 11 is 0. The van der Waals surface area contributed by atoms with Crippen molar-refractivity contribution in [1.82, 2.24) is 9.88 Å². The summed E-state index contributed by atoms with van der Waals surface area (Å²) in [5.74, 6) is 0.793. The van der Waals surface area contributed by atoms with Gasteiger partial charge in [0, 0.05) is 18.7 Å². The Balaban J connectivity index is 2.60. The summed E-state index contributed by atoms with van der Waals surface area (Å²) in [5, 5.41) is 3.03. The van der Waals surface area contributed by atoms with Gasteiger partial charge in [0.25, 0.3) is 0 Å². The van der Waals surface area contributed by atoms with Crippen molar-refractivity contribution in [3.05, 3.63) is 18.5 Å². The van der Waals surface area contributed by atoms with Gasteiger partial charge in [0.2, 0.25) is 0 Å². The first kappa shape index (κ1) is 12.8. The minimum atomic E-state index is 0.00957. The van der Waals surface area contributed by atoms with Gasteiger partial charge < -0.3 is 15.0 Å². The molecule has 1 aromatic rings. The number of hydrogen-bond acceptors (Lipinski definition) is 4. The quantitative estimate of drug-likeness (QED) is 0.826. The molecular formula is C12H21N3O. The summed E-state index contributed by atoms with van der Waals surface area (Å²) in [6, 6.07) is 1.94. The van der Waals surface area contributed by atoms with Crippen LogP contribution in [-0.2, 0) is 0 Å². The first-order valence-electron chi connectivity index (χ1n) is 5.39. The molecule has 0 atom stereocenters. The molecule has 0 aliphatic rings. The predicted octanol–water partition coefficient (Wildman–Crippen LogP) is 1.84. The fraction of sp³-hybridized carbons (Fsp3) is 0.583. The second-order valence-corrected chi connectivity index (χ2v) is 4.65. The molecule has 0 aliphatic carbocycles. The Hall–Kier alpha value is -1.29.